The number of hydrogen-bond donors (Lipinski definition) is 0. The summed E-state index contributed by atoms with van der Waals surface area (Å²) in [4.78, 5) is 8.15. The molecular formula is C9H6I2N3+. The summed E-state index contributed by atoms with van der Waals surface area (Å²) < 4.78 is 3.14. The molecule has 0 fully saturated rings. The summed E-state index contributed by atoms with van der Waals surface area (Å²) >= 11 is 4.51. The van der Waals surface area contributed by atoms with Gasteiger partial charge in [0.2, 0.25) is 22.9 Å². The number of rotatable bonds is 1. The molecule has 0 aliphatic carbocycles. The lowest BCUT2D eigenvalue weighted by Gasteiger charge is -2.01. The van der Waals surface area contributed by atoms with Crippen LogP contribution in [0.3, 0.4) is 0 Å². The summed E-state index contributed by atoms with van der Waals surface area (Å²) in [6.07, 6.45) is 7.23. The van der Waals surface area contributed by atoms with Gasteiger partial charge in [0, 0.05) is 22.0 Å². The largest absolute Gasteiger partial charge is 0.295 e. The predicted octanol–water partition coefficient (Wildman–Crippen LogP) is 2.23. The zero-order chi connectivity index (χ0) is 9.97. The van der Waals surface area contributed by atoms with Crippen LogP contribution >= 0.6 is 45.5 Å². The van der Waals surface area contributed by atoms with E-state index in [1.807, 2.05) is 21.1 Å². The SMILES string of the molecule is Ic1ccncc1-c1ccnc[n+]1I. The summed E-state index contributed by atoms with van der Waals surface area (Å²) in [7, 11) is 0. The van der Waals surface area contributed by atoms with Crippen LogP contribution in [0.1, 0.15) is 0 Å². The van der Waals surface area contributed by atoms with Crippen LogP contribution in [0.25, 0.3) is 11.3 Å². The summed E-state index contributed by atoms with van der Waals surface area (Å²) in [5.74, 6) is 0. The Kier molecular flexibility index (Phi) is 3.26. The van der Waals surface area contributed by atoms with E-state index < -0.39 is 0 Å². The Bertz CT molecular complexity index is 416. The van der Waals surface area contributed by atoms with Gasteiger partial charge in [-0.15, -0.1) is 0 Å². The third kappa shape index (κ3) is 2.02. The molecule has 0 aliphatic rings. The van der Waals surface area contributed by atoms with Crippen LogP contribution in [-0.4, -0.2) is 9.97 Å². The van der Waals surface area contributed by atoms with E-state index in [0.717, 1.165) is 11.3 Å². The lowest BCUT2D eigenvalue weighted by molar-refractivity contribution is -0.431. The molecule has 14 heavy (non-hydrogen) atoms. The van der Waals surface area contributed by atoms with E-state index >= 15 is 0 Å². The minimum absolute atomic E-state index is 1.11. The zero-order valence-corrected chi connectivity index (χ0v) is 11.4. The lowest BCUT2D eigenvalue weighted by Crippen LogP contribution is -2.22. The van der Waals surface area contributed by atoms with E-state index in [0.29, 0.717) is 0 Å². The Balaban J connectivity index is 2.61. The van der Waals surface area contributed by atoms with Crippen LogP contribution in [-0.2, 0) is 0 Å². The third-order valence-electron chi connectivity index (χ3n) is 1.76. The van der Waals surface area contributed by atoms with Crippen molar-refractivity contribution >= 4 is 45.5 Å². The zero-order valence-electron chi connectivity index (χ0n) is 7.06. The Morgan fingerprint density at radius 3 is 2.64 bits per heavy atom. The molecule has 2 aromatic rings. The second-order valence-corrected chi connectivity index (χ2v) is 4.83. The molecule has 0 bridgehead atoms. The van der Waals surface area contributed by atoms with Gasteiger partial charge in [-0.1, -0.05) is 4.98 Å². The van der Waals surface area contributed by atoms with Gasteiger partial charge in [0.1, 0.15) is 11.9 Å². The minimum Gasteiger partial charge on any atom is -0.264 e. The lowest BCUT2D eigenvalue weighted by atomic mass is 10.2. The second-order valence-electron chi connectivity index (χ2n) is 2.63. The van der Waals surface area contributed by atoms with Crippen LogP contribution in [0.5, 0.6) is 0 Å². The first-order valence-electron chi connectivity index (χ1n) is 3.91. The summed E-state index contributed by atoms with van der Waals surface area (Å²) in [5.41, 5.74) is 2.24. The van der Waals surface area contributed by atoms with Crippen LogP contribution in [0, 0.1) is 3.57 Å². The van der Waals surface area contributed by atoms with Crippen molar-refractivity contribution in [3.05, 3.63) is 40.6 Å². The van der Waals surface area contributed by atoms with E-state index in [4.69, 9.17) is 0 Å². The first kappa shape index (κ1) is 10.2. The maximum atomic E-state index is 4.12. The van der Waals surface area contributed by atoms with E-state index in [2.05, 4.69) is 55.4 Å². The molecule has 0 saturated carbocycles. The van der Waals surface area contributed by atoms with Crippen molar-refractivity contribution in [3.8, 4) is 11.3 Å². The molecule has 0 aliphatic heterocycles. The molecule has 0 aromatic carbocycles. The van der Waals surface area contributed by atoms with Gasteiger partial charge in [-0.05, 0) is 28.7 Å². The molecule has 2 heterocycles. The Morgan fingerprint density at radius 1 is 1.14 bits per heavy atom. The van der Waals surface area contributed by atoms with Crippen molar-refractivity contribution in [2.75, 3.05) is 0 Å². The van der Waals surface area contributed by atoms with Gasteiger partial charge in [0.25, 0.3) is 6.33 Å². The molecule has 5 heteroatoms. The van der Waals surface area contributed by atoms with E-state index in [9.17, 15) is 0 Å². The van der Waals surface area contributed by atoms with Gasteiger partial charge in [-0.3, -0.25) is 4.98 Å². The summed E-state index contributed by atoms with van der Waals surface area (Å²) in [5, 5.41) is 0. The third-order valence-corrected chi connectivity index (χ3v) is 3.47. The first-order chi connectivity index (χ1) is 6.79. The summed E-state index contributed by atoms with van der Waals surface area (Å²) in [6.45, 7) is 0. The van der Waals surface area contributed by atoms with Crippen molar-refractivity contribution in [2.45, 2.75) is 0 Å². The number of halogens is 2. The highest BCUT2D eigenvalue weighted by Gasteiger charge is 2.10. The fourth-order valence-electron chi connectivity index (χ4n) is 1.11. The molecule has 0 saturated heterocycles. The summed E-state index contributed by atoms with van der Waals surface area (Å²) in [6, 6.07) is 3.97. The van der Waals surface area contributed by atoms with Crippen LogP contribution in [0.2, 0.25) is 0 Å². The topological polar surface area (TPSA) is 29.7 Å². The maximum absolute atomic E-state index is 4.12. The molecule has 0 spiro atoms. The highest BCUT2D eigenvalue weighted by Crippen LogP contribution is 2.20. The smallest absolute Gasteiger partial charge is 0.264 e. The number of hydrogen-bond acceptors (Lipinski definition) is 2. The molecule has 0 unspecified atom stereocenters. The molecular weight excluding hydrogens is 404 g/mol. The van der Waals surface area contributed by atoms with E-state index in [-0.39, 0.29) is 0 Å². The molecule has 2 aromatic heterocycles. The Morgan fingerprint density at radius 2 is 1.93 bits per heavy atom. The quantitative estimate of drug-likeness (QED) is 0.676. The fraction of sp³-hybridized carbons (Fsp3) is 0. The highest BCUT2D eigenvalue weighted by molar-refractivity contribution is 14.1. The average Bonchev–Trinajstić information content (AvgIpc) is 2.20. The number of pyridine rings is 1. The van der Waals surface area contributed by atoms with Crippen LogP contribution in [0.15, 0.2) is 37.1 Å². The normalized spacial score (nSPS) is 10.1. The predicted molar refractivity (Wildman–Crippen MR) is 69.8 cm³/mol. The second kappa shape index (κ2) is 4.47. The van der Waals surface area contributed by atoms with Crippen molar-refractivity contribution in [1.82, 2.24) is 9.97 Å². The van der Waals surface area contributed by atoms with Gasteiger partial charge in [0.05, 0.1) is 5.56 Å². The van der Waals surface area contributed by atoms with E-state index in [1.54, 1.807) is 18.7 Å². The van der Waals surface area contributed by atoms with Crippen molar-refractivity contribution in [3.63, 3.8) is 0 Å². The Hall–Kier alpha value is -0.310. The average molecular weight is 410 g/mol. The first-order valence-corrected chi connectivity index (χ1v) is 5.95. The highest BCUT2D eigenvalue weighted by atomic mass is 127. The maximum Gasteiger partial charge on any atom is 0.295 e. The molecule has 0 atom stereocenters. The molecule has 0 radical (unpaired) electrons. The molecule has 3 nitrogen and oxygen atoms in total. The van der Waals surface area contributed by atoms with Crippen molar-refractivity contribution < 1.29 is 2.78 Å². The van der Waals surface area contributed by atoms with Gasteiger partial charge in [0.15, 0.2) is 0 Å². The van der Waals surface area contributed by atoms with Gasteiger partial charge in [-0.25, -0.2) is 0 Å². The number of nitrogens with zero attached hydrogens (tertiary/aromatic N) is 3. The minimum atomic E-state index is 1.11. The fourth-order valence-corrected chi connectivity index (χ4v) is 2.26. The molecule has 2 rings (SSSR count). The van der Waals surface area contributed by atoms with Crippen LogP contribution in [0.4, 0.5) is 0 Å². The van der Waals surface area contributed by atoms with E-state index in [1.165, 1.54) is 3.57 Å². The van der Waals surface area contributed by atoms with Gasteiger partial charge >= 0.3 is 0 Å². The van der Waals surface area contributed by atoms with Crippen molar-refractivity contribution in [2.24, 2.45) is 0 Å². The molecule has 0 N–H and O–H groups in total. The van der Waals surface area contributed by atoms with Crippen LogP contribution < -0.4 is 2.78 Å². The molecule has 70 valence electrons. The van der Waals surface area contributed by atoms with Gasteiger partial charge in [-0.2, -0.15) is 2.78 Å². The monoisotopic (exact) mass is 410 g/mol. The van der Waals surface area contributed by atoms with Crippen molar-refractivity contribution in [1.29, 1.82) is 0 Å². The standard InChI is InChI=1S/C9H6I2N3/c10-8-1-3-12-5-7(8)9-2-4-13-6-14(9)11/h1-6H/q+1. The Labute approximate surface area is 109 Å². The van der Waals surface area contributed by atoms with Gasteiger partial charge < -0.3 is 0 Å². The molecule has 0 amide bonds. The number of aromatic nitrogens is 3.